The van der Waals surface area contributed by atoms with Crippen molar-refractivity contribution in [1.82, 2.24) is 9.88 Å². The normalized spacial score (nSPS) is 11.9. The molecule has 0 radical (unpaired) electrons. The van der Waals surface area contributed by atoms with Crippen molar-refractivity contribution in [3.8, 4) is 5.88 Å². The largest absolute Gasteiger partial charge is 0.481 e. The van der Waals surface area contributed by atoms with Gasteiger partial charge in [0.25, 0.3) is 0 Å². The van der Waals surface area contributed by atoms with Crippen LogP contribution in [0.2, 0.25) is 5.02 Å². The van der Waals surface area contributed by atoms with E-state index in [2.05, 4.69) is 10.3 Å². The molecule has 0 aliphatic heterocycles. The van der Waals surface area contributed by atoms with Crippen molar-refractivity contribution in [3.63, 3.8) is 0 Å². The van der Waals surface area contributed by atoms with Crippen LogP contribution < -0.4 is 10.1 Å². The fourth-order valence-electron chi connectivity index (χ4n) is 3.20. The average Bonchev–Trinajstić information content (AvgIpc) is 2.75. The smallest absolute Gasteiger partial charge is 0.322 e. The summed E-state index contributed by atoms with van der Waals surface area (Å²) in [5.41, 5.74) is 1.02. The summed E-state index contributed by atoms with van der Waals surface area (Å²) in [6.07, 6.45) is 0.395. The predicted octanol–water partition coefficient (Wildman–Crippen LogP) is 5.01. The molecule has 3 aromatic rings. The third-order valence-electron chi connectivity index (χ3n) is 4.80. The Morgan fingerprint density at radius 1 is 1.30 bits per heavy atom. The molecule has 1 aromatic heterocycles. The number of aliphatic hydroxyl groups is 1. The van der Waals surface area contributed by atoms with E-state index in [-0.39, 0.29) is 11.6 Å². The highest BCUT2D eigenvalue weighted by atomic mass is 35.5. The summed E-state index contributed by atoms with van der Waals surface area (Å²) in [6.45, 7) is 2.09. The molecule has 2 aromatic carbocycles. The molecule has 0 aliphatic carbocycles. The van der Waals surface area contributed by atoms with Crippen LogP contribution in [0.15, 0.2) is 48.5 Å². The van der Waals surface area contributed by atoms with Gasteiger partial charge in [-0.3, -0.25) is 0 Å². The second kappa shape index (κ2) is 9.73. The maximum atomic E-state index is 13.4. The zero-order valence-corrected chi connectivity index (χ0v) is 17.5. The molecule has 0 saturated heterocycles. The quantitative estimate of drug-likeness (QED) is 0.551. The summed E-state index contributed by atoms with van der Waals surface area (Å²) in [7, 11) is 1.55. The standard InChI is InChI=1S/C22H23ClFN3O3/c1-14(20-12-15-6-3-4-7-17(15)21(26-20)30-2)27(10-5-11-28)22(29)25-16-8-9-19(24)18(23)13-16/h3-4,6-9,12-14,28H,5,10-11H2,1-2H3,(H,25,29)/t14-/m0/s1. The Kier molecular flexibility index (Phi) is 7.07. The van der Waals surface area contributed by atoms with Gasteiger partial charge < -0.3 is 20.1 Å². The number of amides is 2. The number of nitrogens with zero attached hydrogens (tertiary/aromatic N) is 2. The number of rotatable bonds is 7. The summed E-state index contributed by atoms with van der Waals surface area (Å²) in [4.78, 5) is 19.1. The number of hydrogen-bond donors (Lipinski definition) is 2. The number of hydrogen-bond acceptors (Lipinski definition) is 4. The Hall–Kier alpha value is -2.90. The highest BCUT2D eigenvalue weighted by Gasteiger charge is 2.24. The number of halogens is 2. The molecule has 6 nitrogen and oxygen atoms in total. The SMILES string of the molecule is COc1nc([C@H](C)N(CCCO)C(=O)Nc2ccc(F)c(Cl)c2)cc2ccccc12. The molecule has 1 atom stereocenters. The number of carbonyl (C=O) groups is 1. The van der Waals surface area contributed by atoms with E-state index < -0.39 is 17.9 Å². The van der Waals surface area contributed by atoms with Crippen molar-refractivity contribution < 1.29 is 19.0 Å². The van der Waals surface area contributed by atoms with Gasteiger partial charge in [-0.05, 0) is 49.1 Å². The summed E-state index contributed by atoms with van der Waals surface area (Å²) < 4.78 is 18.8. The van der Waals surface area contributed by atoms with Crippen LogP contribution in [-0.4, -0.2) is 41.3 Å². The van der Waals surface area contributed by atoms with Gasteiger partial charge in [-0.25, -0.2) is 14.2 Å². The number of anilines is 1. The number of methoxy groups -OCH3 is 1. The first-order chi connectivity index (χ1) is 14.4. The Labute approximate surface area is 179 Å². The minimum atomic E-state index is -0.562. The molecule has 158 valence electrons. The molecule has 1 heterocycles. The Balaban J connectivity index is 1.91. The first-order valence-corrected chi connectivity index (χ1v) is 9.89. The number of ether oxygens (including phenoxy) is 1. The van der Waals surface area contributed by atoms with E-state index in [1.165, 1.54) is 18.2 Å². The van der Waals surface area contributed by atoms with E-state index in [0.717, 1.165) is 10.8 Å². The number of nitrogens with one attached hydrogen (secondary N) is 1. The molecule has 0 aliphatic rings. The zero-order chi connectivity index (χ0) is 21.7. The number of aliphatic hydroxyl groups excluding tert-OH is 1. The maximum Gasteiger partial charge on any atom is 0.322 e. The van der Waals surface area contributed by atoms with E-state index in [4.69, 9.17) is 16.3 Å². The highest BCUT2D eigenvalue weighted by Crippen LogP contribution is 2.29. The Morgan fingerprint density at radius 3 is 2.77 bits per heavy atom. The molecule has 0 saturated carbocycles. The topological polar surface area (TPSA) is 74.7 Å². The molecule has 0 fully saturated rings. The fourth-order valence-corrected chi connectivity index (χ4v) is 3.38. The number of carbonyl (C=O) groups excluding carboxylic acids is 1. The van der Waals surface area contributed by atoms with Gasteiger partial charge >= 0.3 is 6.03 Å². The van der Waals surface area contributed by atoms with Crippen LogP contribution >= 0.6 is 11.6 Å². The first-order valence-electron chi connectivity index (χ1n) is 9.51. The molecule has 0 spiro atoms. The molecule has 2 N–H and O–H groups in total. The predicted molar refractivity (Wildman–Crippen MR) is 116 cm³/mol. The lowest BCUT2D eigenvalue weighted by Gasteiger charge is -2.29. The number of benzene rings is 2. The summed E-state index contributed by atoms with van der Waals surface area (Å²) in [5, 5.41) is 13.7. The second-order valence-electron chi connectivity index (χ2n) is 6.78. The van der Waals surface area contributed by atoms with Gasteiger partial charge in [-0.2, -0.15) is 0 Å². The molecule has 0 unspecified atom stereocenters. The molecule has 2 amide bonds. The van der Waals surface area contributed by atoms with E-state index in [1.54, 1.807) is 12.0 Å². The molecular weight excluding hydrogens is 409 g/mol. The average molecular weight is 432 g/mol. The summed E-state index contributed by atoms with van der Waals surface area (Å²) in [6, 6.07) is 12.8. The van der Waals surface area contributed by atoms with Crippen LogP contribution in [0.25, 0.3) is 10.8 Å². The summed E-state index contributed by atoms with van der Waals surface area (Å²) in [5.74, 6) is -0.0876. The third kappa shape index (κ3) is 4.80. The lowest BCUT2D eigenvalue weighted by atomic mass is 10.1. The molecule has 0 bridgehead atoms. The third-order valence-corrected chi connectivity index (χ3v) is 5.09. The number of fused-ring (bicyclic) bond motifs is 1. The van der Waals surface area contributed by atoms with Gasteiger partial charge in [0.1, 0.15) is 5.82 Å². The van der Waals surface area contributed by atoms with Crippen LogP contribution in [0.4, 0.5) is 14.9 Å². The van der Waals surface area contributed by atoms with Crippen molar-refractivity contribution in [2.75, 3.05) is 25.6 Å². The number of pyridine rings is 1. The molecule has 8 heteroatoms. The minimum Gasteiger partial charge on any atom is -0.481 e. The van der Waals surface area contributed by atoms with Crippen molar-refractivity contribution >= 4 is 34.1 Å². The van der Waals surface area contributed by atoms with Crippen molar-refractivity contribution in [3.05, 3.63) is 65.1 Å². The van der Waals surface area contributed by atoms with Crippen LogP contribution in [0.1, 0.15) is 25.1 Å². The van der Waals surface area contributed by atoms with E-state index >= 15 is 0 Å². The van der Waals surface area contributed by atoms with E-state index in [0.29, 0.717) is 30.2 Å². The lowest BCUT2D eigenvalue weighted by Crippen LogP contribution is -2.38. The van der Waals surface area contributed by atoms with Gasteiger partial charge in [0, 0.05) is 24.2 Å². The first kappa shape index (κ1) is 21.8. The second-order valence-corrected chi connectivity index (χ2v) is 7.19. The fraction of sp³-hybridized carbons (Fsp3) is 0.273. The Bertz CT molecular complexity index is 1050. The van der Waals surface area contributed by atoms with Crippen molar-refractivity contribution in [1.29, 1.82) is 0 Å². The van der Waals surface area contributed by atoms with Crippen LogP contribution in [-0.2, 0) is 0 Å². The lowest BCUT2D eigenvalue weighted by molar-refractivity contribution is 0.181. The summed E-state index contributed by atoms with van der Waals surface area (Å²) >= 11 is 5.81. The van der Waals surface area contributed by atoms with Gasteiger partial charge in [-0.15, -0.1) is 0 Å². The minimum absolute atomic E-state index is 0.0622. The van der Waals surface area contributed by atoms with Crippen molar-refractivity contribution in [2.24, 2.45) is 0 Å². The maximum absolute atomic E-state index is 13.4. The van der Waals surface area contributed by atoms with Crippen molar-refractivity contribution in [2.45, 2.75) is 19.4 Å². The van der Waals surface area contributed by atoms with Gasteiger partial charge in [0.15, 0.2) is 0 Å². The Morgan fingerprint density at radius 2 is 2.07 bits per heavy atom. The number of urea groups is 1. The van der Waals surface area contributed by atoms with Crippen LogP contribution in [0.3, 0.4) is 0 Å². The highest BCUT2D eigenvalue weighted by molar-refractivity contribution is 6.31. The molecular formula is C22H23ClFN3O3. The molecule has 3 rings (SSSR count). The van der Waals surface area contributed by atoms with Gasteiger partial charge in [0.2, 0.25) is 5.88 Å². The number of aromatic nitrogens is 1. The zero-order valence-electron chi connectivity index (χ0n) is 16.7. The van der Waals surface area contributed by atoms with E-state index in [1.807, 2.05) is 37.3 Å². The van der Waals surface area contributed by atoms with Crippen LogP contribution in [0, 0.1) is 5.82 Å². The van der Waals surface area contributed by atoms with Gasteiger partial charge in [-0.1, -0.05) is 29.8 Å². The monoisotopic (exact) mass is 431 g/mol. The molecule has 30 heavy (non-hydrogen) atoms. The van der Waals surface area contributed by atoms with Crippen LogP contribution in [0.5, 0.6) is 5.88 Å². The van der Waals surface area contributed by atoms with E-state index in [9.17, 15) is 14.3 Å². The van der Waals surface area contributed by atoms with Gasteiger partial charge in [0.05, 0.1) is 23.9 Å².